The van der Waals surface area contributed by atoms with Crippen molar-refractivity contribution in [1.82, 2.24) is 10.8 Å². The van der Waals surface area contributed by atoms with Gasteiger partial charge in [0.2, 0.25) is 6.29 Å². The van der Waals surface area contributed by atoms with E-state index in [4.69, 9.17) is 9.57 Å². The third-order valence-corrected chi connectivity index (χ3v) is 3.06. The smallest absolute Gasteiger partial charge is 0.203 e. The van der Waals surface area contributed by atoms with Crippen molar-refractivity contribution in [3.05, 3.63) is 23.9 Å². The molecule has 0 aromatic rings. The van der Waals surface area contributed by atoms with Gasteiger partial charge in [0.1, 0.15) is 0 Å². The average molecular weight is 252 g/mol. The van der Waals surface area contributed by atoms with Crippen LogP contribution in [0.5, 0.6) is 0 Å². The normalized spacial score (nSPS) is 32.2. The average Bonchev–Trinajstić information content (AvgIpc) is 2.37. The highest BCUT2D eigenvalue weighted by Crippen LogP contribution is 2.27. The Morgan fingerprint density at radius 2 is 2.11 bits per heavy atom. The monoisotopic (exact) mass is 252 g/mol. The second-order valence-electron chi connectivity index (χ2n) is 6.17. The van der Waals surface area contributed by atoms with Crippen molar-refractivity contribution in [2.45, 2.75) is 64.5 Å². The molecule has 0 radical (unpaired) electrons. The molecular formula is C14H24N2O2. The van der Waals surface area contributed by atoms with Crippen molar-refractivity contribution in [2.24, 2.45) is 0 Å². The summed E-state index contributed by atoms with van der Waals surface area (Å²) >= 11 is 0. The zero-order chi connectivity index (χ0) is 13.2. The fourth-order valence-electron chi connectivity index (χ4n) is 2.24. The summed E-state index contributed by atoms with van der Waals surface area (Å²) in [6, 6.07) is 0.567. The molecule has 1 unspecified atom stereocenters. The fourth-order valence-corrected chi connectivity index (χ4v) is 2.24. The Hall–Kier alpha value is -0.840. The lowest BCUT2D eigenvalue weighted by atomic mass is 9.87. The van der Waals surface area contributed by atoms with Crippen molar-refractivity contribution in [3.63, 3.8) is 0 Å². The number of hydroxylamine groups is 1. The molecule has 0 aromatic carbocycles. The minimum absolute atomic E-state index is 0.177. The molecule has 4 nitrogen and oxygen atoms in total. The second kappa shape index (κ2) is 5.43. The second-order valence-corrected chi connectivity index (χ2v) is 6.17. The van der Waals surface area contributed by atoms with E-state index in [9.17, 15) is 0 Å². The number of ether oxygens (including phenoxy) is 1. The summed E-state index contributed by atoms with van der Waals surface area (Å²) < 4.78 is 5.88. The summed E-state index contributed by atoms with van der Waals surface area (Å²) in [5.74, 6) is 0. The molecule has 0 amide bonds. The van der Waals surface area contributed by atoms with Crippen LogP contribution in [0.15, 0.2) is 23.9 Å². The lowest BCUT2D eigenvalue weighted by Gasteiger charge is -2.40. The maximum Gasteiger partial charge on any atom is 0.203 e. The molecule has 2 N–H and O–H groups in total. The molecular weight excluding hydrogens is 228 g/mol. The number of hydrogen-bond donors (Lipinski definition) is 2. The van der Waals surface area contributed by atoms with Gasteiger partial charge in [0.15, 0.2) is 0 Å². The summed E-state index contributed by atoms with van der Waals surface area (Å²) in [4.78, 5) is 5.36. The number of nitrogens with one attached hydrogen (secondary N) is 2. The minimum atomic E-state index is -0.291. The Kier molecular flexibility index (Phi) is 4.10. The van der Waals surface area contributed by atoms with Crippen LogP contribution >= 0.6 is 0 Å². The van der Waals surface area contributed by atoms with Crippen LogP contribution in [0, 0.1) is 0 Å². The van der Waals surface area contributed by atoms with Crippen LogP contribution in [-0.2, 0) is 9.57 Å². The van der Waals surface area contributed by atoms with E-state index in [2.05, 4.69) is 31.6 Å². The predicted octanol–water partition coefficient (Wildman–Crippen LogP) is 2.24. The van der Waals surface area contributed by atoms with Gasteiger partial charge in [0, 0.05) is 17.8 Å². The fraction of sp³-hybridized carbons (Fsp3) is 0.714. The molecule has 1 aliphatic heterocycles. The van der Waals surface area contributed by atoms with E-state index in [1.54, 1.807) is 6.20 Å². The Morgan fingerprint density at radius 1 is 1.39 bits per heavy atom. The zero-order valence-electron chi connectivity index (χ0n) is 11.7. The molecule has 0 saturated heterocycles. The topological polar surface area (TPSA) is 42.5 Å². The van der Waals surface area contributed by atoms with Gasteiger partial charge in [-0.2, -0.15) is 0 Å². The van der Waals surface area contributed by atoms with Gasteiger partial charge < -0.3 is 10.1 Å². The van der Waals surface area contributed by atoms with Crippen molar-refractivity contribution < 1.29 is 9.57 Å². The first kappa shape index (κ1) is 13.6. The maximum atomic E-state index is 5.88. The van der Waals surface area contributed by atoms with Gasteiger partial charge in [-0.05, 0) is 58.3 Å². The molecule has 4 heteroatoms. The molecule has 0 spiro atoms. The van der Waals surface area contributed by atoms with Crippen molar-refractivity contribution in [1.29, 1.82) is 0 Å². The molecule has 102 valence electrons. The number of rotatable bonds is 3. The Bertz CT molecular complexity index is 338. The van der Waals surface area contributed by atoms with E-state index >= 15 is 0 Å². The lowest BCUT2D eigenvalue weighted by Crippen LogP contribution is -2.53. The van der Waals surface area contributed by atoms with Gasteiger partial charge >= 0.3 is 0 Å². The highest BCUT2D eigenvalue weighted by molar-refractivity contribution is 5.17. The van der Waals surface area contributed by atoms with Crippen molar-refractivity contribution in [3.8, 4) is 0 Å². The third-order valence-electron chi connectivity index (χ3n) is 3.06. The van der Waals surface area contributed by atoms with E-state index in [1.807, 2.05) is 19.1 Å². The van der Waals surface area contributed by atoms with E-state index in [1.165, 1.54) is 0 Å². The zero-order valence-corrected chi connectivity index (χ0v) is 11.7. The highest BCUT2D eigenvalue weighted by Gasteiger charge is 2.33. The minimum Gasteiger partial charge on any atom is -0.344 e. The first-order valence-corrected chi connectivity index (χ1v) is 6.62. The summed E-state index contributed by atoms with van der Waals surface area (Å²) in [5, 5.41) is 3.58. The van der Waals surface area contributed by atoms with E-state index in [0.717, 1.165) is 18.4 Å². The molecule has 1 saturated carbocycles. The van der Waals surface area contributed by atoms with Crippen LogP contribution in [-0.4, -0.2) is 24.0 Å². The molecule has 0 aromatic heterocycles. The quantitative estimate of drug-likeness (QED) is 0.808. The van der Waals surface area contributed by atoms with Gasteiger partial charge in [-0.1, -0.05) is 0 Å². The standard InChI is InChI=1S/C14H24N2O2/c1-10-5-6-15-18-13(7-10)17-12-8-11(9-12)16-14(2,3)4/h5-7,11-13,15-16H,8-9H2,1-4H3. The van der Waals surface area contributed by atoms with E-state index in [0.29, 0.717) is 12.1 Å². The molecule has 2 aliphatic rings. The van der Waals surface area contributed by atoms with Gasteiger partial charge in [-0.3, -0.25) is 5.48 Å². The molecule has 1 aliphatic carbocycles. The van der Waals surface area contributed by atoms with Crippen molar-refractivity contribution in [2.75, 3.05) is 0 Å². The van der Waals surface area contributed by atoms with Crippen LogP contribution in [0.2, 0.25) is 0 Å². The molecule has 1 heterocycles. The summed E-state index contributed by atoms with van der Waals surface area (Å²) in [7, 11) is 0. The SMILES string of the molecule is CC1=CC(OC2CC(NC(C)(C)C)C2)ONC=C1. The Morgan fingerprint density at radius 3 is 2.78 bits per heavy atom. The van der Waals surface area contributed by atoms with Gasteiger partial charge in [-0.15, -0.1) is 0 Å². The molecule has 0 bridgehead atoms. The third kappa shape index (κ3) is 4.12. The Balaban J connectivity index is 1.72. The number of allylic oxidation sites excluding steroid dienone is 2. The largest absolute Gasteiger partial charge is 0.344 e. The predicted molar refractivity (Wildman–Crippen MR) is 71.7 cm³/mol. The van der Waals surface area contributed by atoms with Crippen LogP contribution in [0.4, 0.5) is 0 Å². The first-order valence-electron chi connectivity index (χ1n) is 6.62. The van der Waals surface area contributed by atoms with E-state index in [-0.39, 0.29) is 11.8 Å². The van der Waals surface area contributed by atoms with Crippen LogP contribution in [0.3, 0.4) is 0 Å². The maximum absolute atomic E-state index is 5.88. The molecule has 2 rings (SSSR count). The lowest BCUT2D eigenvalue weighted by molar-refractivity contribution is -0.186. The van der Waals surface area contributed by atoms with Crippen LogP contribution in [0.25, 0.3) is 0 Å². The molecule has 18 heavy (non-hydrogen) atoms. The van der Waals surface area contributed by atoms with Gasteiger partial charge in [0.25, 0.3) is 0 Å². The Labute approximate surface area is 109 Å². The summed E-state index contributed by atoms with van der Waals surface area (Å²) in [6.45, 7) is 8.61. The van der Waals surface area contributed by atoms with Gasteiger partial charge in [0.05, 0.1) is 6.10 Å². The first-order chi connectivity index (χ1) is 8.42. The van der Waals surface area contributed by atoms with Crippen LogP contribution < -0.4 is 10.8 Å². The molecule has 1 atom stereocenters. The number of hydrogen-bond acceptors (Lipinski definition) is 4. The van der Waals surface area contributed by atoms with Crippen molar-refractivity contribution >= 4 is 0 Å². The van der Waals surface area contributed by atoms with Crippen LogP contribution in [0.1, 0.15) is 40.5 Å². The molecule has 1 fully saturated rings. The summed E-state index contributed by atoms with van der Waals surface area (Å²) in [5.41, 5.74) is 4.08. The highest BCUT2D eigenvalue weighted by atomic mass is 16.8. The summed E-state index contributed by atoms with van der Waals surface area (Å²) in [6.07, 6.45) is 7.84. The van der Waals surface area contributed by atoms with Gasteiger partial charge in [-0.25, -0.2) is 4.84 Å². The van der Waals surface area contributed by atoms with E-state index < -0.39 is 0 Å².